The van der Waals surface area contributed by atoms with E-state index in [1.807, 2.05) is 43.3 Å². The van der Waals surface area contributed by atoms with Crippen molar-refractivity contribution in [3.63, 3.8) is 0 Å². The maximum Gasteiger partial charge on any atom is 0.269 e. The van der Waals surface area contributed by atoms with Gasteiger partial charge in [-0.15, -0.1) is 0 Å². The molecule has 2 aromatic carbocycles. The van der Waals surface area contributed by atoms with Gasteiger partial charge in [0, 0.05) is 12.1 Å². The van der Waals surface area contributed by atoms with E-state index in [1.165, 1.54) is 12.1 Å². The predicted octanol–water partition coefficient (Wildman–Crippen LogP) is 4.10. The fourth-order valence-electron chi connectivity index (χ4n) is 1.72. The molecule has 0 aromatic heterocycles. The number of anilines is 1. The first kappa shape index (κ1) is 14.5. The Hall–Kier alpha value is -2.95. The number of nitrogens with zero attached hydrogens (tertiary/aromatic N) is 2. The zero-order chi connectivity index (χ0) is 15.1. The summed E-state index contributed by atoms with van der Waals surface area (Å²) in [6.45, 7) is 1.95. The summed E-state index contributed by atoms with van der Waals surface area (Å²) >= 11 is 0. The van der Waals surface area contributed by atoms with Crippen molar-refractivity contribution in [2.24, 2.45) is 5.10 Å². The van der Waals surface area contributed by atoms with E-state index in [2.05, 4.69) is 10.5 Å². The fourth-order valence-corrected chi connectivity index (χ4v) is 1.72. The molecule has 5 heteroatoms. The average Bonchev–Trinajstić information content (AvgIpc) is 2.49. The third-order valence-corrected chi connectivity index (χ3v) is 2.73. The van der Waals surface area contributed by atoms with E-state index in [-0.39, 0.29) is 5.69 Å². The molecule has 0 unspecified atom stereocenters. The van der Waals surface area contributed by atoms with Gasteiger partial charge in [-0.2, -0.15) is 5.10 Å². The van der Waals surface area contributed by atoms with Gasteiger partial charge >= 0.3 is 0 Å². The van der Waals surface area contributed by atoms with Crippen LogP contribution in [0.15, 0.2) is 65.3 Å². The molecule has 21 heavy (non-hydrogen) atoms. The van der Waals surface area contributed by atoms with Crippen LogP contribution in [0.4, 0.5) is 11.4 Å². The smallest absolute Gasteiger partial charge is 0.269 e. The van der Waals surface area contributed by atoms with Crippen LogP contribution in [-0.2, 0) is 0 Å². The minimum absolute atomic E-state index is 0.0599. The van der Waals surface area contributed by atoms with Gasteiger partial charge in [0.05, 0.1) is 16.8 Å². The van der Waals surface area contributed by atoms with Gasteiger partial charge in [0.15, 0.2) is 0 Å². The van der Waals surface area contributed by atoms with E-state index in [0.29, 0.717) is 5.69 Å². The number of nitrogens with one attached hydrogen (secondary N) is 1. The Morgan fingerprint density at radius 3 is 2.43 bits per heavy atom. The Kier molecular flexibility index (Phi) is 4.82. The Balaban J connectivity index is 1.95. The maximum absolute atomic E-state index is 10.5. The van der Waals surface area contributed by atoms with Crippen molar-refractivity contribution in [2.45, 2.75) is 6.92 Å². The monoisotopic (exact) mass is 281 g/mol. The molecule has 2 rings (SSSR count). The van der Waals surface area contributed by atoms with Crippen LogP contribution >= 0.6 is 0 Å². The molecule has 0 saturated heterocycles. The quantitative estimate of drug-likeness (QED) is 0.509. The van der Waals surface area contributed by atoms with Gasteiger partial charge in [-0.25, -0.2) is 0 Å². The zero-order valence-electron chi connectivity index (χ0n) is 11.6. The second kappa shape index (κ2) is 7.00. The Morgan fingerprint density at radius 2 is 1.81 bits per heavy atom. The van der Waals surface area contributed by atoms with Gasteiger partial charge in [0.2, 0.25) is 0 Å². The lowest BCUT2D eigenvalue weighted by Crippen LogP contribution is -1.91. The predicted molar refractivity (Wildman–Crippen MR) is 85.3 cm³/mol. The summed E-state index contributed by atoms with van der Waals surface area (Å²) in [5.74, 6) is 0. The van der Waals surface area contributed by atoms with Crippen LogP contribution in [0.5, 0.6) is 0 Å². The SMILES string of the molecule is C/C(C=NNc1ccc([N+](=O)[O-])cc1)=C/c1ccccc1. The van der Waals surface area contributed by atoms with Crippen molar-refractivity contribution in [3.05, 3.63) is 75.8 Å². The van der Waals surface area contributed by atoms with Crippen LogP contribution in [0.3, 0.4) is 0 Å². The molecule has 0 atom stereocenters. The van der Waals surface area contributed by atoms with E-state index in [9.17, 15) is 10.1 Å². The van der Waals surface area contributed by atoms with Crippen LogP contribution < -0.4 is 5.43 Å². The first-order valence-corrected chi connectivity index (χ1v) is 6.42. The standard InChI is InChI=1S/C16H15N3O2/c1-13(11-14-5-3-2-4-6-14)12-17-18-15-7-9-16(10-8-15)19(20)21/h2-12,18H,1H3/b13-11-,17-12?. The molecule has 0 radical (unpaired) electrons. The molecule has 0 heterocycles. The van der Waals surface area contributed by atoms with Gasteiger partial charge in [-0.05, 0) is 30.2 Å². The lowest BCUT2D eigenvalue weighted by atomic mass is 10.1. The molecule has 0 aliphatic carbocycles. The summed E-state index contributed by atoms with van der Waals surface area (Å²) in [6, 6.07) is 16.1. The number of nitro groups is 1. The van der Waals surface area contributed by atoms with Crippen molar-refractivity contribution in [3.8, 4) is 0 Å². The van der Waals surface area contributed by atoms with Crippen molar-refractivity contribution >= 4 is 23.7 Å². The third-order valence-electron chi connectivity index (χ3n) is 2.73. The van der Waals surface area contributed by atoms with Gasteiger partial charge in [-0.1, -0.05) is 36.4 Å². The molecule has 0 bridgehead atoms. The number of rotatable bonds is 5. The fraction of sp³-hybridized carbons (Fsp3) is 0.0625. The lowest BCUT2D eigenvalue weighted by Gasteiger charge is -1.99. The molecule has 0 spiro atoms. The highest BCUT2D eigenvalue weighted by Gasteiger charge is 2.02. The summed E-state index contributed by atoms with van der Waals surface area (Å²) in [7, 11) is 0. The Bertz CT molecular complexity index is 662. The summed E-state index contributed by atoms with van der Waals surface area (Å²) in [5.41, 5.74) is 5.70. The highest BCUT2D eigenvalue weighted by atomic mass is 16.6. The first-order valence-electron chi connectivity index (χ1n) is 6.42. The van der Waals surface area contributed by atoms with E-state index in [0.717, 1.165) is 11.1 Å². The van der Waals surface area contributed by atoms with Crippen molar-refractivity contribution in [1.29, 1.82) is 0 Å². The van der Waals surface area contributed by atoms with Gasteiger partial charge in [-0.3, -0.25) is 15.5 Å². The number of non-ortho nitro benzene ring substituents is 1. The van der Waals surface area contributed by atoms with Crippen molar-refractivity contribution < 1.29 is 4.92 Å². The maximum atomic E-state index is 10.5. The summed E-state index contributed by atoms with van der Waals surface area (Å²) in [6.07, 6.45) is 3.72. The number of hydrogen-bond acceptors (Lipinski definition) is 4. The number of nitro benzene ring substituents is 1. The molecule has 106 valence electrons. The minimum atomic E-state index is -0.431. The van der Waals surface area contributed by atoms with Gasteiger partial charge < -0.3 is 0 Å². The van der Waals surface area contributed by atoms with E-state index < -0.39 is 4.92 Å². The normalized spacial score (nSPS) is 11.6. The van der Waals surface area contributed by atoms with E-state index in [1.54, 1.807) is 18.3 Å². The van der Waals surface area contributed by atoms with Crippen molar-refractivity contribution in [1.82, 2.24) is 0 Å². The molecular weight excluding hydrogens is 266 g/mol. The lowest BCUT2D eigenvalue weighted by molar-refractivity contribution is -0.384. The molecule has 2 aromatic rings. The van der Waals surface area contributed by atoms with Gasteiger partial charge in [0.1, 0.15) is 0 Å². The molecular formula is C16H15N3O2. The van der Waals surface area contributed by atoms with Crippen LogP contribution in [-0.4, -0.2) is 11.1 Å². The van der Waals surface area contributed by atoms with E-state index in [4.69, 9.17) is 0 Å². The number of allylic oxidation sites excluding steroid dienone is 1. The Morgan fingerprint density at radius 1 is 1.14 bits per heavy atom. The molecule has 5 nitrogen and oxygen atoms in total. The molecule has 0 aliphatic rings. The molecule has 0 saturated carbocycles. The van der Waals surface area contributed by atoms with Gasteiger partial charge in [0.25, 0.3) is 5.69 Å². The van der Waals surface area contributed by atoms with Crippen LogP contribution in [0.1, 0.15) is 12.5 Å². The number of hydrazone groups is 1. The molecule has 0 amide bonds. The van der Waals surface area contributed by atoms with E-state index >= 15 is 0 Å². The molecule has 0 fully saturated rings. The topological polar surface area (TPSA) is 67.5 Å². The first-order chi connectivity index (χ1) is 10.1. The zero-order valence-corrected chi connectivity index (χ0v) is 11.6. The minimum Gasteiger partial charge on any atom is -0.279 e. The third kappa shape index (κ3) is 4.58. The molecule has 0 aliphatic heterocycles. The summed E-state index contributed by atoms with van der Waals surface area (Å²) in [5, 5.41) is 14.6. The largest absolute Gasteiger partial charge is 0.279 e. The number of hydrogen-bond donors (Lipinski definition) is 1. The number of benzene rings is 2. The van der Waals surface area contributed by atoms with Crippen molar-refractivity contribution in [2.75, 3.05) is 5.43 Å². The molecule has 1 N–H and O–H groups in total. The Labute approximate surface area is 122 Å². The average molecular weight is 281 g/mol. The second-order valence-electron chi connectivity index (χ2n) is 4.47. The second-order valence-corrected chi connectivity index (χ2v) is 4.47. The van der Waals surface area contributed by atoms with Crippen LogP contribution in [0, 0.1) is 10.1 Å². The summed E-state index contributed by atoms with van der Waals surface area (Å²) < 4.78 is 0. The van der Waals surface area contributed by atoms with Crippen LogP contribution in [0.2, 0.25) is 0 Å². The highest BCUT2D eigenvalue weighted by molar-refractivity contribution is 5.85. The highest BCUT2D eigenvalue weighted by Crippen LogP contribution is 2.15. The summed E-state index contributed by atoms with van der Waals surface area (Å²) in [4.78, 5) is 10.1. The van der Waals surface area contributed by atoms with Crippen LogP contribution in [0.25, 0.3) is 6.08 Å².